The van der Waals surface area contributed by atoms with Crippen LogP contribution in [0.25, 0.3) is 0 Å². The summed E-state index contributed by atoms with van der Waals surface area (Å²) < 4.78 is 39.8. The topological polar surface area (TPSA) is 105 Å². The summed E-state index contributed by atoms with van der Waals surface area (Å²) in [5, 5.41) is 2.84. The van der Waals surface area contributed by atoms with Crippen molar-refractivity contribution < 1.29 is 27.5 Å². The molecule has 1 N–H and O–H groups in total. The molecule has 9 nitrogen and oxygen atoms in total. The molecule has 0 aliphatic heterocycles. The van der Waals surface area contributed by atoms with Gasteiger partial charge in [0.15, 0.2) is 11.5 Å². The summed E-state index contributed by atoms with van der Waals surface area (Å²) in [5.74, 6) is -0.0753. The lowest BCUT2D eigenvalue weighted by molar-refractivity contribution is -0.138. The number of nitrogens with one attached hydrogen (secondary N) is 1. The number of rotatable bonds is 14. The van der Waals surface area contributed by atoms with Gasteiger partial charge in [-0.25, -0.2) is 8.42 Å². The van der Waals surface area contributed by atoms with Crippen LogP contribution in [0.3, 0.4) is 0 Å². The quantitative estimate of drug-likeness (QED) is 0.306. The molecular weight excluding hydrogens is 542 g/mol. The molecule has 0 spiro atoms. The van der Waals surface area contributed by atoms with Crippen molar-refractivity contribution in [3.63, 3.8) is 0 Å². The van der Waals surface area contributed by atoms with Crippen LogP contribution in [0.2, 0.25) is 0 Å². The van der Waals surface area contributed by atoms with E-state index < -0.39 is 28.5 Å². The van der Waals surface area contributed by atoms with E-state index in [0.29, 0.717) is 24.5 Å². The molecule has 10 heteroatoms. The molecule has 3 rings (SSSR count). The fraction of sp³-hybridized carbons (Fsp3) is 0.355. The van der Waals surface area contributed by atoms with Gasteiger partial charge in [-0.2, -0.15) is 0 Å². The van der Waals surface area contributed by atoms with E-state index >= 15 is 0 Å². The molecule has 220 valence electrons. The largest absolute Gasteiger partial charge is 0.493 e. The predicted molar refractivity (Wildman–Crippen MR) is 160 cm³/mol. The number of aryl methyl sites for hydroxylation is 1. The number of carbonyl (C=O) groups excluding carboxylic acids is 2. The van der Waals surface area contributed by atoms with E-state index in [1.807, 2.05) is 44.2 Å². The summed E-state index contributed by atoms with van der Waals surface area (Å²) in [5.41, 5.74) is 2.12. The number of hydrogen-bond acceptors (Lipinski definition) is 6. The van der Waals surface area contributed by atoms with Crippen molar-refractivity contribution in [2.75, 3.05) is 38.2 Å². The summed E-state index contributed by atoms with van der Waals surface area (Å²) in [6.45, 7) is 5.65. The van der Waals surface area contributed by atoms with Crippen LogP contribution in [0.4, 0.5) is 5.69 Å². The second kappa shape index (κ2) is 14.5. The summed E-state index contributed by atoms with van der Waals surface area (Å²) in [4.78, 5) is 28.4. The lowest BCUT2D eigenvalue weighted by Crippen LogP contribution is -2.52. The van der Waals surface area contributed by atoms with Gasteiger partial charge in [-0.05, 0) is 56.5 Å². The molecule has 2 amide bonds. The molecule has 3 aromatic rings. The van der Waals surface area contributed by atoms with E-state index in [0.717, 1.165) is 21.9 Å². The van der Waals surface area contributed by atoms with Gasteiger partial charge in [-0.15, -0.1) is 0 Å². The van der Waals surface area contributed by atoms with Gasteiger partial charge in [-0.3, -0.25) is 13.9 Å². The van der Waals surface area contributed by atoms with Crippen molar-refractivity contribution in [2.45, 2.75) is 44.6 Å². The number of hydrogen-bond donors (Lipinski definition) is 1. The third kappa shape index (κ3) is 8.00. The van der Waals surface area contributed by atoms with Crippen molar-refractivity contribution in [2.24, 2.45) is 0 Å². The van der Waals surface area contributed by atoms with E-state index in [4.69, 9.17) is 9.47 Å². The van der Waals surface area contributed by atoms with Crippen molar-refractivity contribution in [1.29, 1.82) is 0 Å². The lowest BCUT2D eigenvalue weighted by atomic mass is 10.1. The highest BCUT2D eigenvalue weighted by atomic mass is 32.2. The standard InChI is InChI=1S/C31H39N3O6S/c1-6-19-32-31(36)24(3)33(20-18-25-10-8-7-9-11-25)30(35)22-34(26-14-17-28(39-4)29(21-26)40-5)41(37,38)27-15-12-23(2)13-16-27/h7-17,21,24H,6,18-20,22H2,1-5H3,(H,32,36). The molecule has 41 heavy (non-hydrogen) atoms. The molecule has 0 aromatic heterocycles. The maximum atomic E-state index is 14.0. The summed E-state index contributed by atoms with van der Waals surface area (Å²) in [7, 11) is -1.25. The SMILES string of the molecule is CCCNC(=O)C(C)N(CCc1ccccc1)C(=O)CN(c1ccc(OC)c(OC)c1)S(=O)(=O)c1ccc(C)cc1. The molecule has 3 aromatic carbocycles. The van der Waals surface area contributed by atoms with Gasteiger partial charge in [-0.1, -0.05) is 55.0 Å². The van der Waals surface area contributed by atoms with Crippen molar-refractivity contribution in [1.82, 2.24) is 10.2 Å². The first-order chi connectivity index (χ1) is 19.6. The molecule has 0 saturated heterocycles. The van der Waals surface area contributed by atoms with Crippen molar-refractivity contribution >= 4 is 27.5 Å². The Morgan fingerprint density at radius 1 is 0.927 bits per heavy atom. The smallest absolute Gasteiger partial charge is 0.264 e. The van der Waals surface area contributed by atoms with Crippen LogP contribution in [0.1, 0.15) is 31.4 Å². The van der Waals surface area contributed by atoms with Gasteiger partial charge in [0, 0.05) is 19.2 Å². The number of sulfonamides is 1. The van der Waals surface area contributed by atoms with Gasteiger partial charge in [0.25, 0.3) is 10.0 Å². The first-order valence-corrected chi connectivity index (χ1v) is 15.0. The minimum atomic E-state index is -4.18. The molecule has 0 fully saturated rings. The third-order valence-electron chi connectivity index (χ3n) is 6.74. The van der Waals surface area contributed by atoms with Gasteiger partial charge in [0.1, 0.15) is 12.6 Å². The Hall–Kier alpha value is -4.05. The van der Waals surface area contributed by atoms with Crippen LogP contribution in [0.15, 0.2) is 77.7 Å². The number of carbonyl (C=O) groups is 2. The minimum Gasteiger partial charge on any atom is -0.493 e. The van der Waals surface area contributed by atoms with E-state index in [2.05, 4.69) is 5.32 Å². The van der Waals surface area contributed by atoms with Gasteiger partial charge >= 0.3 is 0 Å². The van der Waals surface area contributed by atoms with Crippen LogP contribution >= 0.6 is 0 Å². The Kier molecular flexibility index (Phi) is 11.2. The normalized spacial score (nSPS) is 11.8. The van der Waals surface area contributed by atoms with Crippen LogP contribution in [-0.4, -0.2) is 65.0 Å². The maximum absolute atomic E-state index is 14.0. The maximum Gasteiger partial charge on any atom is 0.264 e. The average molecular weight is 582 g/mol. The number of amides is 2. The summed E-state index contributed by atoms with van der Waals surface area (Å²) >= 11 is 0. The lowest BCUT2D eigenvalue weighted by Gasteiger charge is -2.32. The highest BCUT2D eigenvalue weighted by Crippen LogP contribution is 2.34. The van der Waals surface area contributed by atoms with Gasteiger partial charge in [0.05, 0.1) is 24.8 Å². The summed E-state index contributed by atoms with van der Waals surface area (Å²) in [6.07, 6.45) is 1.25. The molecule has 1 unspecified atom stereocenters. The molecule has 1 atom stereocenters. The highest BCUT2D eigenvalue weighted by Gasteiger charge is 2.32. The zero-order valence-electron chi connectivity index (χ0n) is 24.3. The second-order valence-electron chi connectivity index (χ2n) is 9.65. The van der Waals surface area contributed by atoms with Gasteiger partial charge in [0.2, 0.25) is 11.8 Å². The third-order valence-corrected chi connectivity index (χ3v) is 8.53. The number of benzene rings is 3. The number of methoxy groups -OCH3 is 2. The Bertz CT molecular complexity index is 1410. The van der Waals surface area contributed by atoms with E-state index in [1.165, 1.54) is 37.3 Å². The van der Waals surface area contributed by atoms with Crippen molar-refractivity contribution in [3.05, 3.63) is 83.9 Å². The van der Waals surface area contributed by atoms with E-state index in [1.54, 1.807) is 31.2 Å². The average Bonchev–Trinajstić information content (AvgIpc) is 2.98. The number of ether oxygens (including phenoxy) is 2. The fourth-order valence-corrected chi connectivity index (χ4v) is 5.72. The molecule has 0 radical (unpaired) electrons. The first kappa shape index (κ1) is 31.5. The van der Waals surface area contributed by atoms with Crippen LogP contribution in [0, 0.1) is 6.92 Å². The fourth-order valence-electron chi connectivity index (χ4n) is 4.31. The van der Waals surface area contributed by atoms with Crippen LogP contribution < -0.4 is 19.1 Å². The second-order valence-corrected chi connectivity index (χ2v) is 11.5. The number of anilines is 1. The zero-order valence-corrected chi connectivity index (χ0v) is 25.1. The molecule has 0 aliphatic rings. The Morgan fingerprint density at radius 2 is 1.59 bits per heavy atom. The molecule has 0 saturated carbocycles. The Balaban J connectivity index is 2.03. The summed E-state index contributed by atoms with van der Waals surface area (Å²) in [6, 6.07) is 19.9. The monoisotopic (exact) mass is 581 g/mol. The zero-order chi connectivity index (χ0) is 30.0. The molecular formula is C31H39N3O6S. The molecule has 0 bridgehead atoms. The number of nitrogens with zero attached hydrogens (tertiary/aromatic N) is 2. The minimum absolute atomic E-state index is 0.0373. The Labute approximate surface area is 243 Å². The van der Waals surface area contributed by atoms with Crippen LogP contribution in [0.5, 0.6) is 11.5 Å². The van der Waals surface area contributed by atoms with Gasteiger partial charge < -0.3 is 19.7 Å². The van der Waals surface area contributed by atoms with E-state index in [9.17, 15) is 18.0 Å². The van der Waals surface area contributed by atoms with Crippen LogP contribution in [-0.2, 0) is 26.0 Å². The van der Waals surface area contributed by atoms with Crippen molar-refractivity contribution in [3.8, 4) is 11.5 Å². The molecule has 0 aliphatic carbocycles. The molecule has 0 heterocycles. The first-order valence-electron chi connectivity index (χ1n) is 13.5. The highest BCUT2D eigenvalue weighted by molar-refractivity contribution is 7.92. The predicted octanol–water partition coefficient (Wildman–Crippen LogP) is 4.19. The Morgan fingerprint density at radius 3 is 2.20 bits per heavy atom. The van der Waals surface area contributed by atoms with E-state index in [-0.39, 0.29) is 23.0 Å².